The van der Waals surface area contributed by atoms with E-state index in [0.717, 1.165) is 61.9 Å². The van der Waals surface area contributed by atoms with Crippen LogP contribution in [0, 0.1) is 11.3 Å². The van der Waals surface area contributed by atoms with Crippen LogP contribution in [0.15, 0.2) is 23.0 Å². The highest BCUT2D eigenvalue weighted by atomic mass is 32.1. The number of hydrogen-bond donors (Lipinski definition) is 0. The van der Waals surface area contributed by atoms with Crippen LogP contribution >= 0.6 is 11.3 Å². The van der Waals surface area contributed by atoms with Gasteiger partial charge in [-0.25, -0.2) is 4.98 Å². The monoisotopic (exact) mass is 491 g/mol. The van der Waals surface area contributed by atoms with E-state index < -0.39 is 0 Å². The summed E-state index contributed by atoms with van der Waals surface area (Å²) in [7, 11) is 1.76. The lowest BCUT2D eigenvalue weighted by Gasteiger charge is -2.66. The number of nitrogens with zero attached hydrogens (tertiary/aromatic N) is 3. The summed E-state index contributed by atoms with van der Waals surface area (Å²) in [6.45, 7) is 3.25. The van der Waals surface area contributed by atoms with E-state index in [0.29, 0.717) is 12.5 Å². The number of benzene rings is 1. The average molecular weight is 492 g/mol. The highest BCUT2D eigenvalue weighted by Gasteiger charge is 2.74. The lowest BCUT2D eigenvalue weighted by molar-refractivity contribution is -0.143. The first-order valence-electron chi connectivity index (χ1n) is 13.4. The Balaban J connectivity index is 1.27. The third-order valence-electron chi connectivity index (χ3n) is 10.5. The van der Waals surface area contributed by atoms with Gasteiger partial charge in [0.15, 0.2) is 11.5 Å². The van der Waals surface area contributed by atoms with Crippen LogP contribution in [0.4, 0.5) is 0 Å². The zero-order valence-corrected chi connectivity index (χ0v) is 21.2. The molecule has 1 aromatic heterocycles. The Morgan fingerprint density at radius 1 is 1.23 bits per heavy atom. The van der Waals surface area contributed by atoms with Gasteiger partial charge in [0, 0.05) is 40.9 Å². The van der Waals surface area contributed by atoms with Crippen LogP contribution in [-0.2, 0) is 23.1 Å². The van der Waals surface area contributed by atoms with E-state index in [4.69, 9.17) is 9.47 Å². The smallest absolute Gasteiger partial charge is 0.228 e. The molecule has 7 heteroatoms. The minimum Gasteiger partial charge on any atom is -0.493 e. The number of amides is 1. The Hall–Kier alpha value is -2.12. The Bertz CT molecular complexity index is 1200. The van der Waals surface area contributed by atoms with Crippen molar-refractivity contribution in [2.24, 2.45) is 11.3 Å². The minimum absolute atomic E-state index is 0.00620. The minimum atomic E-state index is -0.00620. The van der Waals surface area contributed by atoms with Crippen LogP contribution in [0.1, 0.15) is 55.3 Å². The van der Waals surface area contributed by atoms with Crippen molar-refractivity contribution in [1.82, 2.24) is 14.8 Å². The van der Waals surface area contributed by atoms with Gasteiger partial charge in [0.25, 0.3) is 0 Å². The van der Waals surface area contributed by atoms with Gasteiger partial charge in [-0.1, -0.05) is 6.07 Å². The van der Waals surface area contributed by atoms with E-state index in [1.165, 1.54) is 36.9 Å². The van der Waals surface area contributed by atoms with Crippen molar-refractivity contribution < 1.29 is 14.3 Å². The fourth-order valence-corrected chi connectivity index (χ4v) is 9.59. The number of carbonyl (C=O) groups excluding carboxylic acids is 1. The molecular formula is C28H33N3O3S. The number of likely N-dealkylation sites (tertiary alicyclic amines) is 1. The van der Waals surface area contributed by atoms with Gasteiger partial charge < -0.3 is 14.4 Å². The average Bonchev–Trinajstić information content (AvgIpc) is 3.49. The van der Waals surface area contributed by atoms with Crippen molar-refractivity contribution in [1.29, 1.82) is 0 Å². The van der Waals surface area contributed by atoms with Gasteiger partial charge >= 0.3 is 0 Å². The van der Waals surface area contributed by atoms with Crippen molar-refractivity contribution in [3.63, 3.8) is 0 Å². The van der Waals surface area contributed by atoms with Crippen LogP contribution in [0.2, 0.25) is 0 Å². The maximum Gasteiger partial charge on any atom is 0.228 e. The maximum absolute atomic E-state index is 13.7. The van der Waals surface area contributed by atoms with Crippen LogP contribution in [0.5, 0.6) is 11.5 Å². The van der Waals surface area contributed by atoms with E-state index >= 15 is 0 Å². The molecule has 0 N–H and O–H groups in total. The van der Waals surface area contributed by atoms with E-state index in [-0.39, 0.29) is 28.9 Å². The van der Waals surface area contributed by atoms with E-state index in [2.05, 4.69) is 26.9 Å². The second-order valence-corrected chi connectivity index (χ2v) is 12.5. The zero-order chi connectivity index (χ0) is 23.4. The quantitative estimate of drug-likeness (QED) is 0.637. The Labute approximate surface area is 210 Å². The molecule has 184 valence electrons. The molecule has 6 nitrogen and oxygen atoms in total. The van der Waals surface area contributed by atoms with Crippen LogP contribution < -0.4 is 9.47 Å². The molecule has 3 aliphatic carbocycles. The highest BCUT2D eigenvalue weighted by Crippen LogP contribution is 2.71. The van der Waals surface area contributed by atoms with Crippen molar-refractivity contribution in [2.45, 2.75) is 75.0 Å². The van der Waals surface area contributed by atoms with Crippen LogP contribution in [-0.4, -0.2) is 65.6 Å². The molecule has 35 heavy (non-hydrogen) atoms. The third-order valence-corrected chi connectivity index (χ3v) is 11.2. The molecule has 7 aliphatic rings. The highest BCUT2D eigenvalue weighted by molar-refractivity contribution is 7.07. The number of ether oxygens (including phenoxy) is 2. The first-order valence-corrected chi connectivity index (χ1v) is 14.4. The first-order chi connectivity index (χ1) is 17.1. The molecule has 4 bridgehead atoms. The summed E-state index contributed by atoms with van der Waals surface area (Å²) in [6, 6.07) is 5.09. The summed E-state index contributed by atoms with van der Waals surface area (Å²) in [6.07, 6.45) is 8.76. The number of carbonyl (C=O) groups is 1. The SMILES string of the molecule is COc1ccc2c3c1O[C@H]1[C@H]4CC[C@@]5(CCN4C(=O)Cc4cscn4)[C@@H](C2)N(CC2CC2)CC[C@]315. The largest absolute Gasteiger partial charge is 0.493 e. The summed E-state index contributed by atoms with van der Waals surface area (Å²) in [5.74, 6) is 2.94. The molecule has 2 spiro atoms. The number of thiazole rings is 1. The fourth-order valence-electron chi connectivity index (χ4n) is 9.03. The Morgan fingerprint density at radius 3 is 2.94 bits per heavy atom. The number of hydrogen-bond acceptors (Lipinski definition) is 6. The van der Waals surface area contributed by atoms with Gasteiger partial charge in [-0.15, -0.1) is 11.3 Å². The predicted octanol–water partition coefficient (Wildman–Crippen LogP) is 3.81. The topological polar surface area (TPSA) is 54.9 Å². The standard InChI is InChI=1S/C28H33N3O3S/c1-33-21-5-4-18-12-22-27-7-6-20(31(11-8-27)23(32)13-19-15-35-16-29-19)26-28(27,24(18)25(21)34-26)9-10-30(22)14-17-2-3-17/h4-5,15-17,20,22,26H,2-3,6-14H2,1H3/t20-,22-,26+,27-,28+/m1/s1. The normalized spacial score (nSPS) is 36.5. The number of methoxy groups -OCH3 is 1. The maximum atomic E-state index is 13.7. The number of piperidine rings is 1. The van der Waals surface area contributed by atoms with Crippen molar-refractivity contribution in [3.8, 4) is 11.5 Å². The second kappa shape index (κ2) is 7.22. The molecule has 3 saturated heterocycles. The third kappa shape index (κ3) is 2.64. The van der Waals surface area contributed by atoms with E-state index in [1.54, 1.807) is 18.4 Å². The molecule has 1 amide bonds. The summed E-state index contributed by atoms with van der Waals surface area (Å²) < 4.78 is 12.8. The molecule has 5 heterocycles. The first kappa shape index (κ1) is 21.0. The molecule has 9 rings (SSSR count). The molecule has 1 aromatic carbocycles. The number of fused-ring (bicyclic) bond motifs is 3. The number of aromatic nitrogens is 1. The van der Waals surface area contributed by atoms with Crippen molar-refractivity contribution in [3.05, 3.63) is 39.8 Å². The van der Waals surface area contributed by atoms with E-state index in [1.807, 2.05) is 10.9 Å². The molecule has 2 saturated carbocycles. The fraction of sp³-hybridized carbons (Fsp3) is 0.643. The van der Waals surface area contributed by atoms with Crippen LogP contribution in [0.3, 0.4) is 0 Å². The predicted molar refractivity (Wildman–Crippen MR) is 133 cm³/mol. The lowest BCUT2D eigenvalue weighted by Crippen LogP contribution is -2.72. The molecule has 0 radical (unpaired) electrons. The lowest BCUT2D eigenvalue weighted by atomic mass is 9.42. The van der Waals surface area contributed by atoms with E-state index in [9.17, 15) is 4.79 Å². The molecule has 4 aliphatic heterocycles. The van der Waals surface area contributed by atoms with Crippen LogP contribution in [0.25, 0.3) is 0 Å². The summed E-state index contributed by atoms with van der Waals surface area (Å²) in [5.41, 5.74) is 5.79. The van der Waals surface area contributed by atoms with Gasteiger partial charge in [0.2, 0.25) is 5.91 Å². The molecule has 5 fully saturated rings. The Kier molecular flexibility index (Phi) is 4.34. The number of rotatable bonds is 5. The van der Waals surface area contributed by atoms with Gasteiger partial charge in [-0.05, 0) is 69.0 Å². The summed E-state index contributed by atoms with van der Waals surface area (Å²) in [4.78, 5) is 23.2. The van der Waals surface area contributed by atoms with Crippen molar-refractivity contribution in [2.75, 3.05) is 26.7 Å². The molecule has 2 aromatic rings. The molecule has 5 atom stereocenters. The molecule has 0 unspecified atom stereocenters. The van der Waals surface area contributed by atoms with Gasteiger partial charge in [0.05, 0.1) is 30.8 Å². The second-order valence-electron chi connectivity index (χ2n) is 11.8. The van der Waals surface area contributed by atoms with Gasteiger partial charge in [-0.3, -0.25) is 9.69 Å². The molecular weight excluding hydrogens is 458 g/mol. The summed E-state index contributed by atoms with van der Waals surface area (Å²) in [5, 5.41) is 2.01. The summed E-state index contributed by atoms with van der Waals surface area (Å²) >= 11 is 1.56. The van der Waals surface area contributed by atoms with Gasteiger partial charge in [-0.2, -0.15) is 0 Å². The van der Waals surface area contributed by atoms with Crippen molar-refractivity contribution >= 4 is 17.2 Å². The zero-order valence-electron chi connectivity index (χ0n) is 20.4. The Morgan fingerprint density at radius 2 is 2.14 bits per heavy atom. The van der Waals surface area contributed by atoms with Gasteiger partial charge in [0.1, 0.15) is 6.10 Å².